The Kier molecular flexibility index (Phi) is 8.95. The van der Waals surface area contributed by atoms with Crippen LogP contribution in [0, 0.1) is 0 Å². The molecule has 6 heteroatoms. The van der Waals surface area contributed by atoms with Crippen LogP contribution in [0.25, 0.3) is 0 Å². The molecule has 0 saturated heterocycles. The van der Waals surface area contributed by atoms with Crippen molar-refractivity contribution >= 4 is 28.2 Å². The van der Waals surface area contributed by atoms with Gasteiger partial charge in [0.05, 0.1) is 19.3 Å². The molecule has 0 atom stereocenters. The van der Waals surface area contributed by atoms with Crippen LogP contribution in [-0.2, 0) is 17.6 Å². The molecule has 1 N–H and O–H groups in total. The fourth-order valence-corrected chi connectivity index (χ4v) is 5.37. The molecule has 0 fully saturated rings. The van der Waals surface area contributed by atoms with E-state index in [0.29, 0.717) is 28.5 Å². The molecular weight excluding hydrogens is 410 g/mol. The number of carbonyl (C=O) groups excluding carboxylic acids is 2. The summed E-state index contributed by atoms with van der Waals surface area (Å²) >= 11 is 1.53. The van der Waals surface area contributed by atoms with E-state index < -0.39 is 0 Å². The number of aryl methyl sites for hydroxylation is 1. The second-order valence-electron chi connectivity index (χ2n) is 7.94. The molecule has 0 unspecified atom stereocenters. The van der Waals surface area contributed by atoms with E-state index in [-0.39, 0.29) is 11.9 Å². The van der Waals surface area contributed by atoms with Crippen molar-refractivity contribution in [2.45, 2.75) is 71.1 Å². The molecule has 31 heavy (non-hydrogen) atoms. The van der Waals surface area contributed by atoms with Gasteiger partial charge in [0.2, 0.25) is 0 Å². The van der Waals surface area contributed by atoms with E-state index >= 15 is 0 Å². The van der Waals surface area contributed by atoms with Crippen LogP contribution in [-0.4, -0.2) is 25.6 Å². The molecule has 1 aliphatic carbocycles. The van der Waals surface area contributed by atoms with Gasteiger partial charge < -0.3 is 14.8 Å². The smallest absolute Gasteiger partial charge is 0.341 e. The highest BCUT2D eigenvalue weighted by molar-refractivity contribution is 7.17. The highest BCUT2D eigenvalue weighted by Crippen LogP contribution is 2.37. The van der Waals surface area contributed by atoms with E-state index in [1.807, 2.05) is 13.0 Å². The minimum atomic E-state index is -0.372. The van der Waals surface area contributed by atoms with Crippen LogP contribution < -0.4 is 10.1 Å². The van der Waals surface area contributed by atoms with Gasteiger partial charge >= 0.3 is 5.97 Å². The first kappa shape index (κ1) is 23.3. The van der Waals surface area contributed by atoms with Crippen molar-refractivity contribution in [3.05, 3.63) is 45.8 Å². The summed E-state index contributed by atoms with van der Waals surface area (Å²) in [6.07, 6.45) is 11.5. The number of hydrogen-bond acceptors (Lipinski definition) is 5. The van der Waals surface area contributed by atoms with Crippen LogP contribution in [0.4, 0.5) is 5.00 Å². The number of thiophene rings is 1. The van der Waals surface area contributed by atoms with Gasteiger partial charge in [-0.15, -0.1) is 11.3 Å². The Bertz CT molecular complexity index is 890. The number of anilines is 1. The molecule has 1 heterocycles. The van der Waals surface area contributed by atoms with Crippen LogP contribution in [0.3, 0.4) is 0 Å². The average molecular weight is 444 g/mol. The molecule has 1 amide bonds. The van der Waals surface area contributed by atoms with Crippen LogP contribution >= 0.6 is 11.3 Å². The number of methoxy groups -OCH3 is 1. The number of rotatable bonds is 5. The minimum Gasteiger partial charge on any atom is -0.494 e. The summed E-state index contributed by atoms with van der Waals surface area (Å²) in [5.74, 6) is 0.0355. The lowest BCUT2D eigenvalue weighted by atomic mass is 9.97. The normalized spacial score (nSPS) is 15.2. The van der Waals surface area contributed by atoms with Gasteiger partial charge in [0.15, 0.2) is 0 Å². The van der Waals surface area contributed by atoms with Crippen molar-refractivity contribution in [2.75, 3.05) is 19.0 Å². The van der Waals surface area contributed by atoms with Gasteiger partial charge in [-0.05, 0) is 56.4 Å². The maximum Gasteiger partial charge on any atom is 0.341 e. The fraction of sp³-hybridized carbons (Fsp3) is 0.520. The molecule has 1 aromatic carbocycles. The Morgan fingerprint density at radius 3 is 2.35 bits per heavy atom. The molecular formula is C25H33NO4S. The third kappa shape index (κ3) is 6.33. The number of benzene rings is 1. The second-order valence-corrected chi connectivity index (χ2v) is 9.05. The van der Waals surface area contributed by atoms with Crippen molar-refractivity contribution < 1.29 is 19.1 Å². The highest BCUT2D eigenvalue weighted by Gasteiger charge is 2.25. The zero-order chi connectivity index (χ0) is 22.1. The maximum atomic E-state index is 13.0. The van der Waals surface area contributed by atoms with Gasteiger partial charge in [0.1, 0.15) is 10.8 Å². The summed E-state index contributed by atoms with van der Waals surface area (Å²) in [6, 6.07) is 7.10. The van der Waals surface area contributed by atoms with Gasteiger partial charge in [-0.3, -0.25) is 4.79 Å². The standard InChI is InChI=1S/C25H33NO4S/c1-3-30-19-14-12-13-18(17-19)23(27)26-24-22(25(28)29-2)20-15-10-8-6-4-5-7-9-11-16-21(20)31-24/h12-14,17H,3-11,15-16H2,1-2H3,(H,26,27). The lowest BCUT2D eigenvalue weighted by Crippen LogP contribution is -2.15. The third-order valence-corrected chi connectivity index (χ3v) is 6.90. The highest BCUT2D eigenvalue weighted by atomic mass is 32.1. The Labute approximate surface area is 189 Å². The van der Waals surface area contributed by atoms with Gasteiger partial charge in [-0.1, -0.05) is 44.6 Å². The average Bonchev–Trinajstić information content (AvgIpc) is 3.10. The molecule has 5 nitrogen and oxygen atoms in total. The van der Waals surface area contributed by atoms with Crippen molar-refractivity contribution in [1.82, 2.24) is 0 Å². The summed E-state index contributed by atoms with van der Waals surface area (Å²) in [5.41, 5.74) is 2.11. The topological polar surface area (TPSA) is 64.6 Å². The van der Waals surface area contributed by atoms with Gasteiger partial charge in [-0.2, -0.15) is 0 Å². The maximum absolute atomic E-state index is 13.0. The van der Waals surface area contributed by atoms with Crippen LogP contribution in [0.15, 0.2) is 24.3 Å². The first-order valence-electron chi connectivity index (χ1n) is 11.4. The fourth-order valence-electron chi connectivity index (χ4n) is 4.10. The predicted molar refractivity (Wildman–Crippen MR) is 126 cm³/mol. The number of ether oxygens (including phenoxy) is 2. The molecule has 2 aromatic rings. The molecule has 0 spiro atoms. The zero-order valence-electron chi connectivity index (χ0n) is 18.6. The Morgan fingerprint density at radius 2 is 1.68 bits per heavy atom. The number of hydrogen-bond donors (Lipinski definition) is 1. The largest absolute Gasteiger partial charge is 0.494 e. The van der Waals surface area contributed by atoms with Gasteiger partial charge in [0, 0.05) is 10.4 Å². The van der Waals surface area contributed by atoms with E-state index in [0.717, 1.165) is 31.2 Å². The zero-order valence-corrected chi connectivity index (χ0v) is 19.4. The summed E-state index contributed by atoms with van der Waals surface area (Å²) in [4.78, 5) is 26.9. The minimum absolute atomic E-state index is 0.246. The number of fused-ring (bicyclic) bond motifs is 1. The molecule has 0 saturated carbocycles. The van der Waals surface area contributed by atoms with Gasteiger partial charge in [0.25, 0.3) is 5.91 Å². The van der Waals surface area contributed by atoms with Crippen molar-refractivity contribution in [1.29, 1.82) is 0 Å². The quantitative estimate of drug-likeness (QED) is 0.543. The SMILES string of the molecule is CCOc1cccc(C(=O)Nc2sc3c(c2C(=O)OC)CCCCCCCCCC3)c1. The Morgan fingerprint density at radius 1 is 1.00 bits per heavy atom. The molecule has 168 valence electrons. The third-order valence-electron chi connectivity index (χ3n) is 5.70. The molecule has 0 bridgehead atoms. The Balaban J connectivity index is 1.89. The first-order valence-corrected chi connectivity index (χ1v) is 12.2. The molecule has 0 radical (unpaired) electrons. The first-order chi connectivity index (χ1) is 15.1. The summed E-state index contributed by atoms with van der Waals surface area (Å²) in [7, 11) is 1.40. The van der Waals surface area contributed by atoms with Crippen molar-refractivity contribution in [3.8, 4) is 5.75 Å². The Hall–Kier alpha value is -2.34. The number of carbonyl (C=O) groups is 2. The van der Waals surface area contributed by atoms with Crippen LogP contribution in [0.1, 0.15) is 89.4 Å². The van der Waals surface area contributed by atoms with E-state index in [1.165, 1.54) is 61.8 Å². The summed E-state index contributed by atoms with van der Waals surface area (Å²) in [6.45, 7) is 2.44. The number of amides is 1. The lowest BCUT2D eigenvalue weighted by Gasteiger charge is -2.10. The van der Waals surface area contributed by atoms with E-state index in [2.05, 4.69) is 5.32 Å². The van der Waals surface area contributed by atoms with E-state index in [9.17, 15) is 9.59 Å². The van der Waals surface area contributed by atoms with Gasteiger partial charge in [-0.25, -0.2) is 4.79 Å². The van der Waals surface area contributed by atoms with Crippen LogP contribution in [0.5, 0.6) is 5.75 Å². The van der Waals surface area contributed by atoms with Crippen LogP contribution in [0.2, 0.25) is 0 Å². The second kappa shape index (κ2) is 11.9. The van der Waals surface area contributed by atoms with Crippen molar-refractivity contribution in [2.24, 2.45) is 0 Å². The van der Waals surface area contributed by atoms with Crippen molar-refractivity contribution in [3.63, 3.8) is 0 Å². The lowest BCUT2D eigenvalue weighted by molar-refractivity contribution is 0.0601. The van der Waals surface area contributed by atoms with E-state index in [4.69, 9.17) is 9.47 Å². The monoisotopic (exact) mass is 443 g/mol. The number of esters is 1. The summed E-state index contributed by atoms with van der Waals surface area (Å²) in [5, 5.41) is 3.58. The van der Waals surface area contributed by atoms with E-state index in [1.54, 1.807) is 18.2 Å². The molecule has 1 aromatic heterocycles. The number of nitrogens with one attached hydrogen (secondary N) is 1. The predicted octanol–water partition coefficient (Wildman–Crippen LogP) is 6.41. The molecule has 3 rings (SSSR count). The summed E-state index contributed by atoms with van der Waals surface area (Å²) < 4.78 is 10.6. The molecule has 0 aliphatic heterocycles. The molecule has 1 aliphatic rings.